The van der Waals surface area contributed by atoms with Crippen LogP contribution < -0.4 is 5.32 Å². The summed E-state index contributed by atoms with van der Waals surface area (Å²) in [4.78, 5) is 22.1. The van der Waals surface area contributed by atoms with Gasteiger partial charge < -0.3 is 10.4 Å². The van der Waals surface area contributed by atoms with Crippen LogP contribution in [0.25, 0.3) is 0 Å². The maximum atomic E-state index is 13.4. The topological polar surface area (TPSA) is 91.1 Å². The van der Waals surface area contributed by atoms with Crippen LogP contribution in [0.2, 0.25) is 5.02 Å². The lowest BCUT2D eigenvalue weighted by Crippen LogP contribution is -2.26. The molecule has 0 aromatic heterocycles. The zero-order chi connectivity index (χ0) is 16.3. The number of hydrogen-bond donors (Lipinski definition) is 2. The molecule has 0 radical (unpaired) electrons. The third-order valence-electron chi connectivity index (χ3n) is 2.50. The van der Waals surface area contributed by atoms with Gasteiger partial charge in [-0.1, -0.05) is 23.4 Å². The van der Waals surface area contributed by atoms with Crippen molar-refractivity contribution in [2.24, 2.45) is 10.2 Å². The minimum atomic E-state index is -1.07. The summed E-state index contributed by atoms with van der Waals surface area (Å²) in [6, 6.07) is 2.74. The van der Waals surface area contributed by atoms with Crippen molar-refractivity contribution in [1.29, 1.82) is 0 Å². The number of carboxylic acids is 1. The molecule has 116 valence electrons. The van der Waals surface area contributed by atoms with Gasteiger partial charge in [0.2, 0.25) is 5.91 Å². The zero-order valence-corrected chi connectivity index (χ0v) is 13.9. The van der Waals surface area contributed by atoms with Crippen molar-refractivity contribution in [1.82, 2.24) is 5.32 Å². The molecule has 0 saturated carbocycles. The summed E-state index contributed by atoms with van der Waals surface area (Å²) < 4.78 is 13.8. The van der Waals surface area contributed by atoms with Crippen molar-refractivity contribution in [3.05, 3.63) is 33.0 Å². The maximum Gasteiger partial charge on any atom is 0.305 e. The van der Waals surface area contributed by atoms with Crippen molar-refractivity contribution < 1.29 is 19.1 Å². The highest BCUT2D eigenvalue weighted by atomic mass is 79.9. The Hall–Kier alpha value is -1.45. The van der Waals surface area contributed by atoms with Crippen molar-refractivity contribution in [2.45, 2.75) is 11.7 Å². The fourth-order valence-corrected chi connectivity index (χ4v) is 3.02. The smallest absolute Gasteiger partial charge is 0.305 e. The number of benzene rings is 1. The van der Waals surface area contributed by atoms with E-state index in [1.807, 2.05) is 0 Å². The third-order valence-corrected chi connectivity index (χ3v) is 4.81. The number of thioether (sulfide) groups is 1. The fraction of sp³-hybridized carbons (Fsp3) is 0.167. The van der Waals surface area contributed by atoms with Crippen LogP contribution in [0, 0.1) is 5.82 Å². The molecule has 0 spiro atoms. The molecular weight excluding hydrogens is 401 g/mol. The Balaban J connectivity index is 2.06. The van der Waals surface area contributed by atoms with E-state index < -0.39 is 22.9 Å². The molecule has 2 N–H and O–H groups in total. The molecule has 22 heavy (non-hydrogen) atoms. The van der Waals surface area contributed by atoms with Crippen LogP contribution in [0.15, 0.2) is 26.8 Å². The fourth-order valence-electron chi connectivity index (χ4n) is 1.54. The minimum absolute atomic E-state index is 0.0291. The molecule has 1 atom stereocenters. The highest BCUT2D eigenvalue weighted by molar-refractivity contribution is 9.10. The summed E-state index contributed by atoms with van der Waals surface area (Å²) in [6.45, 7) is 0. The second-order valence-corrected chi connectivity index (χ2v) is 6.57. The summed E-state index contributed by atoms with van der Waals surface area (Å²) in [7, 11) is 0. The molecule has 1 saturated heterocycles. The summed E-state index contributed by atoms with van der Waals surface area (Å²) in [5.41, 5.74) is 0.425. The maximum absolute atomic E-state index is 13.4. The molecular formula is C12H8BrClFN3O3S. The van der Waals surface area contributed by atoms with Gasteiger partial charge in [-0.2, -0.15) is 5.10 Å². The van der Waals surface area contributed by atoms with Gasteiger partial charge in [0, 0.05) is 4.47 Å². The molecule has 1 aliphatic rings. The van der Waals surface area contributed by atoms with E-state index in [0.29, 0.717) is 10.0 Å². The van der Waals surface area contributed by atoms with Crippen LogP contribution in [0.1, 0.15) is 12.0 Å². The lowest BCUT2D eigenvalue weighted by molar-refractivity contribution is -0.138. The first-order valence-electron chi connectivity index (χ1n) is 5.81. The van der Waals surface area contributed by atoms with E-state index in [1.165, 1.54) is 12.3 Å². The Bertz CT molecular complexity index is 675. The molecule has 1 fully saturated rings. The Morgan fingerprint density at radius 2 is 2.32 bits per heavy atom. The van der Waals surface area contributed by atoms with E-state index >= 15 is 0 Å². The Kier molecular flexibility index (Phi) is 5.54. The van der Waals surface area contributed by atoms with Crippen molar-refractivity contribution >= 4 is 62.6 Å². The molecule has 10 heteroatoms. The quantitative estimate of drug-likeness (QED) is 0.455. The van der Waals surface area contributed by atoms with Gasteiger partial charge in [0.25, 0.3) is 0 Å². The number of carboxylic acid groups (broad SMARTS) is 1. The molecule has 1 heterocycles. The van der Waals surface area contributed by atoms with Gasteiger partial charge in [0.1, 0.15) is 11.1 Å². The van der Waals surface area contributed by atoms with Crippen LogP contribution in [-0.4, -0.2) is 33.6 Å². The highest BCUT2D eigenvalue weighted by Gasteiger charge is 2.32. The summed E-state index contributed by atoms with van der Waals surface area (Å²) >= 11 is 9.76. The molecule has 2 rings (SSSR count). The van der Waals surface area contributed by atoms with Crippen LogP contribution in [-0.2, 0) is 9.59 Å². The SMILES string of the molecule is O=C(O)CC1SC(=NN=Cc2cc(F)c(Cl)c(Br)c2)NC1=O. The Morgan fingerprint density at radius 3 is 2.95 bits per heavy atom. The van der Waals surface area contributed by atoms with E-state index in [0.717, 1.165) is 11.8 Å². The summed E-state index contributed by atoms with van der Waals surface area (Å²) in [5, 5.41) is 18.0. The minimum Gasteiger partial charge on any atom is -0.481 e. The number of hydrogen-bond acceptors (Lipinski definition) is 5. The van der Waals surface area contributed by atoms with E-state index in [2.05, 4.69) is 31.4 Å². The number of amidine groups is 1. The number of carbonyl (C=O) groups is 2. The van der Waals surface area contributed by atoms with E-state index in [9.17, 15) is 14.0 Å². The average molecular weight is 409 g/mol. The standard InChI is InChI=1S/C12H8BrClFN3O3S/c13-6-1-5(2-7(15)10(6)14)4-16-18-12-17-11(21)8(22-12)3-9(19)20/h1-2,4,8H,3H2,(H,19,20)(H,17,18,21). The van der Waals surface area contributed by atoms with E-state index in [1.54, 1.807) is 6.07 Å². The molecule has 6 nitrogen and oxygen atoms in total. The summed E-state index contributed by atoms with van der Waals surface area (Å²) in [6.07, 6.45) is 0.989. The number of aliphatic carboxylic acids is 1. The van der Waals surface area contributed by atoms with Crippen LogP contribution in [0.3, 0.4) is 0 Å². The number of rotatable bonds is 4. The van der Waals surface area contributed by atoms with Crippen LogP contribution >= 0.6 is 39.3 Å². The number of nitrogens with zero attached hydrogens (tertiary/aromatic N) is 2. The van der Waals surface area contributed by atoms with Gasteiger partial charge >= 0.3 is 5.97 Å². The lowest BCUT2D eigenvalue weighted by atomic mass is 10.2. The molecule has 1 aromatic rings. The second kappa shape index (κ2) is 7.21. The van der Waals surface area contributed by atoms with Crippen LogP contribution in [0.4, 0.5) is 4.39 Å². The second-order valence-electron chi connectivity index (χ2n) is 4.14. The van der Waals surface area contributed by atoms with Gasteiger partial charge in [0.05, 0.1) is 17.7 Å². The molecule has 1 aromatic carbocycles. The van der Waals surface area contributed by atoms with Crippen molar-refractivity contribution in [3.63, 3.8) is 0 Å². The van der Waals surface area contributed by atoms with Gasteiger partial charge in [-0.25, -0.2) is 4.39 Å². The van der Waals surface area contributed by atoms with Gasteiger partial charge in [-0.3, -0.25) is 9.59 Å². The van der Waals surface area contributed by atoms with Crippen molar-refractivity contribution in [3.8, 4) is 0 Å². The van der Waals surface area contributed by atoms with Gasteiger partial charge in [-0.05, 0) is 33.6 Å². The Morgan fingerprint density at radius 1 is 1.59 bits per heavy atom. The van der Waals surface area contributed by atoms with Gasteiger partial charge in [-0.15, -0.1) is 5.10 Å². The average Bonchev–Trinajstić information content (AvgIpc) is 2.75. The molecule has 0 aliphatic carbocycles. The first-order chi connectivity index (χ1) is 10.4. The molecule has 0 bridgehead atoms. The third kappa shape index (κ3) is 4.28. The van der Waals surface area contributed by atoms with Crippen LogP contribution in [0.5, 0.6) is 0 Å². The monoisotopic (exact) mass is 407 g/mol. The normalized spacial score (nSPS) is 19.9. The lowest BCUT2D eigenvalue weighted by Gasteiger charge is -1.99. The first-order valence-corrected chi connectivity index (χ1v) is 7.86. The Labute approximate surface area is 142 Å². The summed E-state index contributed by atoms with van der Waals surface area (Å²) in [5.74, 6) is -2.10. The number of amides is 1. The highest BCUT2D eigenvalue weighted by Crippen LogP contribution is 2.26. The molecule has 1 amide bonds. The molecule has 1 aliphatic heterocycles. The number of nitrogens with one attached hydrogen (secondary N) is 1. The predicted octanol–water partition coefficient (Wildman–Crippen LogP) is 2.64. The van der Waals surface area contributed by atoms with E-state index in [-0.39, 0.29) is 16.6 Å². The number of halogens is 3. The predicted molar refractivity (Wildman–Crippen MR) is 85.9 cm³/mol. The largest absolute Gasteiger partial charge is 0.481 e. The van der Waals surface area contributed by atoms with E-state index in [4.69, 9.17) is 16.7 Å². The number of carbonyl (C=O) groups excluding carboxylic acids is 1. The van der Waals surface area contributed by atoms with Crippen molar-refractivity contribution in [2.75, 3.05) is 0 Å². The molecule has 1 unspecified atom stereocenters. The first kappa shape index (κ1) is 16.9. The zero-order valence-electron chi connectivity index (χ0n) is 10.7. The van der Waals surface area contributed by atoms with Gasteiger partial charge in [0.15, 0.2) is 5.17 Å².